The number of ether oxygens (including phenoxy) is 1. The fourth-order valence-electron chi connectivity index (χ4n) is 4.76. The molecule has 0 aromatic heterocycles. The first-order valence-corrected chi connectivity index (χ1v) is 8.62. The number of halogens is 1. The second-order valence-corrected chi connectivity index (χ2v) is 8.46. The molecule has 20 heavy (non-hydrogen) atoms. The monoisotopic (exact) mass is 336 g/mol. The van der Waals surface area contributed by atoms with Crippen molar-refractivity contribution in [1.82, 2.24) is 0 Å². The van der Waals surface area contributed by atoms with Gasteiger partial charge in [0.15, 0.2) is 0 Å². The fourth-order valence-corrected chi connectivity index (χ4v) is 5.31. The minimum absolute atomic E-state index is 0.301. The van der Waals surface area contributed by atoms with Crippen LogP contribution in [0.3, 0.4) is 0 Å². The van der Waals surface area contributed by atoms with Crippen molar-refractivity contribution in [1.29, 1.82) is 0 Å². The van der Waals surface area contributed by atoms with Crippen LogP contribution in [0.1, 0.15) is 51.2 Å². The molecular weight excluding hydrogens is 312 g/mol. The van der Waals surface area contributed by atoms with Crippen LogP contribution in [0.25, 0.3) is 0 Å². The first kappa shape index (κ1) is 14.4. The lowest BCUT2D eigenvalue weighted by molar-refractivity contribution is 0.0491. The van der Waals surface area contributed by atoms with E-state index in [0.717, 1.165) is 11.7 Å². The van der Waals surface area contributed by atoms with Crippen molar-refractivity contribution < 1.29 is 4.74 Å². The summed E-state index contributed by atoms with van der Waals surface area (Å²) in [6, 6.07) is 6.69. The maximum atomic E-state index is 5.47. The highest BCUT2D eigenvalue weighted by molar-refractivity contribution is 9.09. The lowest BCUT2D eigenvalue weighted by Gasteiger charge is -2.56. The molecule has 110 valence electrons. The van der Waals surface area contributed by atoms with Crippen molar-refractivity contribution in [2.45, 2.75) is 56.7 Å². The maximum absolute atomic E-state index is 5.47. The van der Waals surface area contributed by atoms with Gasteiger partial charge in [0.1, 0.15) is 5.75 Å². The predicted octanol–water partition coefficient (Wildman–Crippen LogP) is 5.10. The molecule has 0 radical (unpaired) electrons. The summed E-state index contributed by atoms with van der Waals surface area (Å²) in [5.74, 6) is 1.75. The molecule has 3 atom stereocenters. The van der Waals surface area contributed by atoms with E-state index in [1.54, 1.807) is 12.7 Å². The SMILES string of the molecule is COc1ccc2c(c1)[C@@]1(C)CCC(Br)C(C)(C)[C@@H]1CC2. The van der Waals surface area contributed by atoms with E-state index in [1.165, 1.54) is 31.2 Å². The van der Waals surface area contributed by atoms with Crippen LogP contribution in [-0.4, -0.2) is 11.9 Å². The zero-order valence-electron chi connectivity index (χ0n) is 13.0. The number of methoxy groups -OCH3 is 1. The average molecular weight is 337 g/mol. The average Bonchev–Trinajstić information content (AvgIpc) is 2.43. The summed E-state index contributed by atoms with van der Waals surface area (Å²) in [7, 11) is 1.77. The quantitative estimate of drug-likeness (QED) is 0.648. The summed E-state index contributed by atoms with van der Waals surface area (Å²) < 4.78 is 5.47. The molecule has 0 N–H and O–H groups in total. The lowest BCUT2D eigenvalue weighted by Crippen LogP contribution is -2.52. The van der Waals surface area contributed by atoms with Gasteiger partial charge in [-0.3, -0.25) is 0 Å². The number of hydrogen-bond donors (Lipinski definition) is 0. The van der Waals surface area contributed by atoms with Gasteiger partial charge in [-0.05, 0) is 65.7 Å². The Morgan fingerprint density at radius 3 is 2.65 bits per heavy atom. The summed E-state index contributed by atoms with van der Waals surface area (Å²) in [4.78, 5) is 0.639. The number of aryl methyl sites for hydroxylation is 1. The van der Waals surface area contributed by atoms with Gasteiger partial charge in [0, 0.05) is 4.83 Å². The van der Waals surface area contributed by atoms with E-state index in [4.69, 9.17) is 4.74 Å². The van der Waals surface area contributed by atoms with E-state index in [9.17, 15) is 0 Å². The predicted molar refractivity (Wildman–Crippen MR) is 87.9 cm³/mol. The molecule has 0 amide bonds. The zero-order chi connectivity index (χ0) is 14.5. The summed E-state index contributed by atoms with van der Waals surface area (Å²) in [6.07, 6.45) is 5.06. The zero-order valence-corrected chi connectivity index (χ0v) is 14.6. The normalized spacial score (nSPS) is 35.0. The second-order valence-electron chi connectivity index (χ2n) is 7.36. The first-order chi connectivity index (χ1) is 9.39. The van der Waals surface area contributed by atoms with Crippen LogP contribution in [0.2, 0.25) is 0 Å². The molecule has 1 aromatic rings. The van der Waals surface area contributed by atoms with E-state index in [0.29, 0.717) is 15.7 Å². The minimum atomic E-state index is 0.301. The van der Waals surface area contributed by atoms with Gasteiger partial charge in [-0.25, -0.2) is 0 Å². The van der Waals surface area contributed by atoms with E-state index >= 15 is 0 Å². The molecule has 1 saturated carbocycles. The van der Waals surface area contributed by atoms with Crippen LogP contribution in [0.5, 0.6) is 5.75 Å². The van der Waals surface area contributed by atoms with Crippen LogP contribution in [0.15, 0.2) is 18.2 Å². The van der Waals surface area contributed by atoms with Gasteiger partial charge in [0.25, 0.3) is 0 Å². The number of benzene rings is 1. The smallest absolute Gasteiger partial charge is 0.119 e. The van der Waals surface area contributed by atoms with E-state index in [2.05, 4.69) is 54.9 Å². The molecule has 1 nitrogen and oxygen atoms in total. The molecule has 0 spiro atoms. The summed E-state index contributed by atoms with van der Waals surface area (Å²) in [5.41, 5.74) is 3.73. The third kappa shape index (κ3) is 1.94. The van der Waals surface area contributed by atoms with Crippen LogP contribution < -0.4 is 4.74 Å². The van der Waals surface area contributed by atoms with Crippen molar-refractivity contribution in [3.05, 3.63) is 29.3 Å². The van der Waals surface area contributed by atoms with Crippen molar-refractivity contribution in [2.24, 2.45) is 11.3 Å². The highest BCUT2D eigenvalue weighted by atomic mass is 79.9. The van der Waals surface area contributed by atoms with Gasteiger partial charge in [0.2, 0.25) is 0 Å². The third-order valence-electron chi connectivity index (χ3n) is 6.03. The Balaban J connectivity index is 2.10. The molecule has 0 bridgehead atoms. The van der Waals surface area contributed by atoms with Crippen LogP contribution >= 0.6 is 15.9 Å². The molecule has 1 unspecified atom stereocenters. The summed E-state index contributed by atoms with van der Waals surface area (Å²) >= 11 is 3.94. The van der Waals surface area contributed by atoms with Crippen LogP contribution in [0.4, 0.5) is 0 Å². The molecule has 2 heteroatoms. The van der Waals surface area contributed by atoms with E-state index in [-0.39, 0.29) is 0 Å². The molecule has 3 rings (SSSR count). The molecule has 1 aromatic carbocycles. The Kier molecular flexibility index (Phi) is 3.44. The standard InChI is InChI=1S/C18H25BrO/c1-17(2)15-8-6-12-5-7-13(20-4)11-14(12)18(15,3)10-9-16(17)19/h5,7,11,15-16H,6,8-10H2,1-4H3/t15-,16?,18+/m0/s1. The largest absolute Gasteiger partial charge is 0.497 e. The van der Waals surface area contributed by atoms with Gasteiger partial charge in [-0.1, -0.05) is 42.8 Å². The van der Waals surface area contributed by atoms with Crippen LogP contribution in [0, 0.1) is 11.3 Å². The Morgan fingerprint density at radius 2 is 1.95 bits per heavy atom. The molecule has 2 aliphatic rings. The van der Waals surface area contributed by atoms with Crippen molar-refractivity contribution >= 4 is 15.9 Å². The summed E-state index contributed by atoms with van der Waals surface area (Å²) in [6.45, 7) is 7.37. The number of fused-ring (bicyclic) bond motifs is 3. The minimum Gasteiger partial charge on any atom is -0.497 e. The molecule has 0 saturated heterocycles. The number of hydrogen-bond acceptors (Lipinski definition) is 1. The molecule has 0 heterocycles. The molecular formula is C18H25BrO. The van der Waals surface area contributed by atoms with Crippen molar-refractivity contribution in [3.63, 3.8) is 0 Å². The van der Waals surface area contributed by atoms with Gasteiger partial charge in [-0.15, -0.1) is 0 Å². The first-order valence-electron chi connectivity index (χ1n) is 7.71. The van der Waals surface area contributed by atoms with Crippen LogP contribution in [-0.2, 0) is 11.8 Å². The lowest BCUT2D eigenvalue weighted by atomic mass is 9.50. The topological polar surface area (TPSA) is 9.23 Å². The Labute approximate surface area is 131 Å². The molecule has 2 aliphatic carbocycles. The summed E-state index contributed by atoms with van der Waals surface area (Å²) in [5, 5.41) is 0. The second kappa shape index (κ2) is 4.76. The number of rotatable bonds is 1. The maximum Gasteiger partial charge on any atom is 0.119 e. The van der Waals surface area contributed by atoms with Gasteiger partial charge >= 0.3 is 0 Å². The Hall–Kier alpha value is -0.500. The van der Waals surface area contributed by atoms with E-state index < -0.39 is 0 Å². The van der Waals surface area contributed by atoms with Gasteiger partial charge in [-0.2, -0.15) is 0 Å². The Morgan fingerprint density at radius 1 is 1.20 bits per heavy atom. The molecule has 0 aliphatic heterocycles. The molecule has 1 fully saturated rings. The number of alkyl halides is 1. The highest BCUT2D eigenvalue weighted by Gasteiger charge is 2.52. The van der Waals surface area contributed by atoms with E-state index in [1.807, 2.05) is 0 Å². The fraction of sp³-hybridized carbons (Fsp3) is 0.667. The van der Waals surface area contributed by atoms with Gasteiger partial charge < -0.3 is 4.74 Å². The van der Waals surface area contributed by atoms with Crippen molar-refractivity contribution in [2.75, 3.05) is 7.11 Å². The Bertz CT molecular complexity index is 522. The van der Waals surface area contributed by atoms with Gasteiger partial charge in [0.05, 0.1) is 7.11 Å². The van der Waals surface area contributed by atoms with Crippen molar-refractivity contribution in [3.8, 4) is 5.75 Å². The third-order valence-corrected chi connectivity index (χ3v) is 7.66. The highest BCUT2D eigenvalue weighted by Crippen LogP contribution is 2.58.